The second kappa shape index (κ2) is 90.3. The minimum atomic E-state index is -0.444. The van der Waals surface area contributed by atoms with Crippen LogP contribution in [0.3, 0.4) is 0 Å². The Kier molecular flexibility index (Phi) is 97.1. The van der Waals surface area contributed by atoms with Gasteiger partial charge in [-0.15, -0.1) is 0 Å². The van der Waals surface area contributed by atoms with Gasteiger partial charge in [0.15, 0.2) is 0 Å². The number of hydrogen-bond acceptors (Lipinski definition) is 12. The lowest BCUT2D eigenvalue weighted by molar-refractivity contribution is -0.0180. The van der Waals surface area contributed by atoms with Gasteiger partial charge in [-0.05, 0) is 25.7 Å². The van der Waals surface area contributed by atoms with Gasteiger partial charge in [-0.1, -0.05) is 332 Å². The highest BCUT2D eigenvalue weighted by Crippen LogP contribution is 2.17. The van der Waals surface area contributed by atoms with Gasteiger partial charge in [0, 0.05) is 53.7 Å². The van der Waals surface area contributed by atoms with E-state index in [1.54, 1.807) is 14.2 Å². The third-order valence-corrected chi connectivity index (χ3v) is 16.3. The Morgan fingerprint density at radius 1 is 0.253 bits per heavy atom. The molecule has 2 N–H and O–H groups in total. The topological polar surface area (TPSA) is 150 Å². The molecule has 2 amide bonds. The number of alkyl carbamates (subject to hydrolysis) is 2. The van der Waals surface area contributed by atoms with E-state index >= 15 is 0 Å². The lowest BCUT2D eigenvalue weighted by Crippen LogP contribution is -2.37. The smallest absolute Gasteiger partial charge is 0.407 e. The Morgan fingerprint density at radius 3 is 0.692 bits per heavy atom. The van der Waals surface area contributed by atoms with E-state index in [0.717, 1.165) is 38.9 Å². The molecule has 0 aromatic carbocycles. The maximum atomic E-state index is 12.1. The number of amides is 2. The van der Waals surface area contributed by atoms with Crippen LogP contribution < -0.4 is 10.6 Å². The SMILES string of the molecule is C.C.C.CCCCCCCCCCCCCCOCC(CNC(=O)OCCOCCOC)OCCCCCCCCCCCCCC.CCCCCCCCCCCCCCOC[C@H](CNC(=O)OCCOCCOC)OCCCCCCCCCCCCCC. The second-order valence-corrected chi connectivity index (χ2v) is 24.9. The monoisotopic (exact) mass is 1310 g/mol. The molecule has 0 aromatic rings. The van der Waals surface area contributed by atoms with E-state index in [1.165, 1.54) is 283 Å². The number of unbranched alkanes of at least 4 members (excludes halogenated alkanes) is 44. The van der Waals surface area contributed by atoms with E-state index in [0.29, 0.717) is 79.2 Å². The first-order valence-corrected chi connectivity index (χ1v) is 37.8. The van der Waals surface area contributed by atoms with Crippen LogP contribution in [0.1, 0.15) is 358 Å². The van der Waals surface area contributed by atoms with Crippen molar-refractivity contribution < 1.29 is 57.0 Å². The van der Waals surface area contributed by atoms with Crippen molar-refractivity contribution in [2.45, 2.75) is 370 Å². The number of nitrogens with one attached hydrogen (secondary N) is 2. The van der Waals surface area contributed by atoms with Crippen LogP contribution in [0.25, 0.3) is 0 Å². The quantitative estimate of drug-likeness (QED) is 0.0558. The summed E-state index contributed by atoms with van der Waals surface area (Å²) in [4.78, 5) is 24.2. The zero-order valence-corrected chi connectivity index (χ0v) is 59.3. The van der Waals surface area contributed by atoms with E-state index in [9.17, 15) is 9.59 Å². The second-order valence-electron chi connectivity index (χ2n) is 24.9. The predicted octanol–water partition coefficient (Wildman–Crippen LogP) is 22.3. The highest BCUT2D eigenvalue weighted by molar-refractivity contribution is 5.67. The maximum Gasteiger partial charge on any atom is 0.407 e. The van der Waals surface area contributed by atoms with Gasteiger partial charge in [-0.3, -0.25) is 0 Å². The van der Waals surface area contributed by atoms with Gasteiger partial charge < -0.3 is 58.0 Å². The number of rotatable bonds is 74. The van der Waals surface area contributed by atoms with E-state index in [2.05, 4.69) is 38.3 Å². The Labute approximate surface area is 567 Å². The Bertz CT molecular complexity index is 1190. The van der Waals surface area contributed by atoms with Crippen LogP contribution in [0.4, 0.5) is 9.59 Å². The number of carbonyl (C=O) groups excluding carboxylic acids is 2. The first kappa shape index (κ1) is 97.9. The molecule has 0 aliphatic rings. The summed E-state index contributed by atoms with van der Waals surface area (Å²) in [6, 6.07) is 0. The summed E-state index contributed by atoms with van der Waals surface area (Å²) in [5, 5.41) is 5.67. The number of hydrogen-bond donors (Lipinski definition) is 2. The molecule has 14 heteroatoms. The Balaban J connectivity index is -0.000000525. The molecule has 0 radical (unpaired) electrons. The van der Waals surface area contributed by atoms with Crippen LogP contribution >= 0.6 is 0 Å². The first-order valence-electron chi connectivity index (χ1n) is 37.8. The standard InChI is InChI=1S/2C37H75NO6.3CH4/c2*1-4-6-8-10-12-14-16-18-20-22-24-26-28-42-35-36(34-38-37(39)44-33-32-41-31-30-40-3)43-29-27-25-23-21-19-17-15-13-11-9-7-5-2;;;/h2*36H,4-35H2,1-3H3,(H,38,39);3*1H4/t36-;;;;/m0..../s1. The maximum absolute atomic E-state index is 12.1. The normalized spacial score (nSPS) is 11.7. The Morgan fingerprint density at radius 2 is 0.462 bits per heavy atom. The molecule has 0 bridgehead atoms. The molecule has 1 unspecified atom stereocenters. The van der Waals surface area contributed by atoms with E-state index in [1.807, 2.05) is 0 Å². The lowest BCUT2D eigenvalue weighted by atomic mass is 10.1. The van der Waals surface area contributed by atoms with Crippen LogP contribution in [0.2, 0.25) is 0 Å². The van der Waals surface area contributed by atoms with Crippen LogP contribution in [-0.4, -0.2) is 144 Å². The number of ether oxygens (including phenoxy) is 10. The molecule has 0 saturated heterocycles. The zero-order chi connectivity index (χ0) is 64.0. The van der Waals surface area contributed by atoms with Gasteiger partial charge in [0.05, 0.1) is 65.1 Å². The van der Waals surface area contributed by atoms with Crippen LogP contribution in [0.15, 0.2) is 0 Å². The van der Waals surface area contributed by atoms with E-state index < -0.39 is 12.2 Å². The van der Waals surface area contributed by atoms with Crippen molar-refractivity contribution in [3.05, 3.63) is 0 Å². The molecular weight excluding hydrogens is 1140 g/mol. The molecule has 552 valence electrons. The molecular formula is C77H162N2O12. The first-order chi connectivity index (χ1) is 43.5. The van der Waals surface area contributed by atoms with Crippen molar-refractivity contribution in [1.29, 1.82) is 0 Å². The third kappa shape index (κ3) is 88.2. The fourth-order valence-electron chi connectivity index (χ4n) is 10.6. The molecule has 2 atom stereocenters. The van der Waals surface area contributed by atoms with Crippen LogP contribution in [0.5, 0.6) is 0 Å². The van der Waals surface area contributed by atoms with Crippen molar-refractivity contribution in [3.8, 4) is 0 Å². The summed E-state index contributed by atoms with van der Waals surface area (Å²) in [5.74, 6) is 0. The fourth-order valence-corrected chi connectivity index (χ4v) is 10.6. The van der Waals surface area contributed by atoms with Gasteiger partial charge >= 0.3 is 12.2 Å². The minimum Gasteiger partial charge on any atom is -0.447 e. The van der Waals surface area contributed by atoms with Gasteiger partial charge in [0.2, 0.25) is 0 Å². The molecule has 0 fully saturated rings. The highest BCUT2D eigenvalue weighted by Gasteiger charge is 2.14. The van der Waals surface area contributed by atoms with Crippen molar-refractivity contribution in [1.82, 2.24) is 10.6 Å². The molecule has 14 nitrogen and oxygen atoms in total. The van der Waals surface area contributed by atoms with Crippen LogP contribution in [0, 0.1) is 0 Å². The largest absolute Gasteiger partial charge is 0.447 e. The third-order valence-electron chi connectivity index (χ3n) is 16.3. The molecule has 0 spiro atoms. The van der Waals surface area contributed by atoms with Gasteiger partial charge in [-0.25, -0.2) is 9.59 Å². The number of carbonyl (C=O) groups is 2. The summed E-state index contributed by atoms with van der Waals surface area (Å²) in [6.45, 7) is 17.0. The van der Waals surface area contributed by atoms with Crippen molar-refractivity contribution in [2.75, 3.05) is 120 Å². The number of methoxy groups -OCH3 is 2. The average Bonchev–Trinajstić information content (AvgIpc) is 3.65. The molecule has 0 saturated carbocycles. The fraction of sp³-hybridized carbons (Fsp3) is 0.974. The summed E-state index contributed by atoms with van der Waals surface area (Å²) in [5.41, 5.74) is 0. The van der Waals surface area contributed by atoms with Crippen molar-refractivity contribution in [2.24, 2.45) is 0 Å². The predicted molar refractivity (Wildman–Crippen MR) is 390 cm³/mol. The summed E-state index contributed by atoms with van der Waals surface area (Å²) in [6.07, 6.45) is 62.7. The minimum absolute atomic E-state index is 0. The van der Waals surface area contributed by atoms with Crippen molar-refractivity contribution >= 4 is 12.2 Å². The molecule has 0 aliphatic carbocycles. The van der Waals surface area contributed by atoms with Gasteiger partial charge in [0.25, 0.3) is 0 Å². The van der Waals surface area contributed by atoms with Crippen LogP contribution in [-0.2, 0) is 47.4 Å². The van der Waals surface area contributed by atoms with Crippen molar-refractivity contribution in [3.63, 3.8) is 0 Å². The van der Waals surface area contributed by atoms with E-state index in [-0.39, 0.29) is 47.7 Å². The summed E-state index contributed by atoms with van der Waals surface area (Å²) in [7, 11) is 3.26. The zero-order valence-electron chi connectivity index (χ0n) is 59.3. The summed E-state index contributed by atoms with van der Waals surface area (Å²) >= 11 is 0. The lowest BCUT2D eigenvalue weighted by Gasteiger charge is -2.19. The Hall–Kier alpha value is -1.78. The molecule has 0 aliphatic heterocycles. The molecule has 0 rings (SSSR count). The van der Waals surface area contributed by atoms with E-state index in [4.69, 9.17) is 47.4 Å². The average molecular weight is 1310 g/mol. The summed E-state index contributed by atoms with van der Waals surface area (Å²) < 4.78 is 55.2. The highest BCUT2D eigenvalue weighted by atomic mass is 16.6. The van der Waals surface area contributed by atoms with Gasteiger partial charge in [-0.2, -0.15) is 0 Å². The molecule has 0 heterocycles. The molecule has 0 aromatic heterocycles. The molecule has 91 heavy (non-hydrogen) atoms. The van der Waals surface area contributed by atoms with Gasteiger partial charge in [0.1, 0.15) is 13.2 Å².